The maximum atomic E-state index is 12.1. The molecule has 1 aliphatic rings. The van der Waals surface area contributed by atoms with Crippen molar-refractivity contribution in [3.05, 3.63) is 60.2 Å². The van der Waals surface area contributed by atoms with Crippen molar-refractivity contribution in [1.29, 1.82) is 0 Å². The SMILES string of the molecule is CC(C)(C)S(=O)(=O)CCCCCCCc1ccc(N2CCN(c3ccccc3)CC2)cc1. The summed E-state index contributed by atoms with van der Waals surface area (Å²) in [5.41, 5.74) is 4.03. The van der Waals surface area contributed by atoms with Crippen molar-refractivity contribution in [2.24, 2.45) is 0 Å². The zero-order chi connectivity index (χ0) is 23.0. The van der Waals surface area contributed by atoms with Crippen LogP contribution in [0.25, 0.3) is 0 Å². The summed E-state index contributed by atoms with van der Waals surface area (Å²) >= 11 is 0. The normalized spacial score (nSPS) is 15.2. The zero-order valence-electron chi connectivity index (χ0n) is 20.1. The van der Waals surface area contributed by atoms with Gasteiger partial charge in [-0.25, -0.2) is 8.42 Å². The molecule has 0 unspecified atom stereocenters. The molecule has 1 fully saturated rings. The number of sulfone groups is 1. The van der Waals surface area contributed by atoms with Gasteiger partial charge in [0, 0.05) is 37.6 Å². The van der Waals surface area contributed by atoms with E-state index in [0.29, 0.717) is 5.75 Å². The molecule has 1 heterocycles. The summed E-state index contributed by atoms with van der Waals surface area (Å²) in [5, 5.41) is 0. The molecule has 0 saturated carbocycles. The van der Waals surface area contributed by atoms with Crippen molar-refractivity contribution < 1.29 is 8.42 Å². The fourth-order valence-electron chi connectivity index (χ4n) is 4.19. The van der Waals surface area contributed by atoms with E-state index in [4.69, 9.17) is 0 Å². The van der Waals surface area contributed by atoms with Crippen LogP contribution in [0.1, 0.15) is 58.4 Å². The van der Waals surface area contributed by atoms with Crippen molar-refractivity contribution in [1.82, 2.24) is 0 Å². The third-order valence-electron chi connectivity index (χ3n) is 6.51. The highest BCUT2D eigenvalue weighted by Crippen LogP contribution is 2.22. The Morgan fingerprint density at radius 1 is 0.688 bits per heavy atom. The maximum Gasteiger partial charge on any atom is 0.155 e. The number of nitrogens with zero attached hydrogens (tertiary/aromatic N) is 2. The van der Waals surface area contributed by atoms with Crippen molar-refractivity contribution in [3.63, 3.8) is 0 Å². The van der Waals surface area contributed by atoms with Gasteiger partial charge < -0.3 is 9.80 Å². The first kappa shape index (κ1) is 24.6. The van der Waals surface area contributed by atoms with Gasteiger partial charge in [-0.2, -0.15) is 0 Å². The Bertz CT molecular complexity index is 910. The number of piperazine rings is 1. The monoisotopic (exact) mass is 456 g/mol. The summed E-state index contributed by atoms with van der Waals surface area (Å²) < 4.78 is 23.7. The molecule has 1 aliphatic heterocycles. The van der Waals surface area contributed by atoms with E-state index in [1.807, 2.05) is 0 Å². The second-order valence-electron chi connectivity index (χ2n) is 9.93. The minimum atomic E-state index is -2.97. The van der Waals surface area contributed by atoms with E-state index in [1.165, 1.54) is 29.8 Å². The predicted molar refractivity (Wildman–Crippen MR) is 138 cm³/mol. The number of hydrogen-bond donors (Lipinski definition) is 0. The summed E-state index contributed by atoms with van der Waals surface area (Å²) in [6.45, 7) is 9.60. The quantitative estimate of drug-likeness (QED) is 0.429. The number of aryl methyl sites for hydroxylation is 1. The van der Waals surface area contributed by atoms with Crippen LogP contribution >= 0.6 is 0 Å². The van der Waals surface area contributed by atoms with Crippen LogP contribution in [0.4, 0.5) is 11.4 Å². The van der Waals surface area contributed by atoms with Crippen molar-refractivity contribution >= 4 is 21.2 Å². The third-order valence-corrected chi connectivity index (χ3v) is 9.21. The van der Waals surface area contributed by atoms with Crippen LogP contribution in [0.15, 0.2) is 54.6 Å². The number of benzene rings is 2. The van der Waals surface area contributed by atoms with Gasteiger partial charge in [0.15, 0.2) is 9.84 Å². The molecule has 0 aliphatic carbocycles. The second kappa shape index (κ2) is 11.2. The number of para-hydroxylation sites is 1. The molecule has 176 valence electrons. The smallest absolute Gasteiger partial charge is 0.155 e. The van der Waals surface area contributed by atoms with Crippen LogP contribution < -0.4 is 9.80 Å². The Balaban J connectivity index is 1.32. The Morgan fingerprint density at radius 2 is 1.19 bits per heavy atom. The lowest BCUT2D eigenvalue weighted by molar-refractivity contribution is 0.552. The molecule has 4 nitrogen and oxygen atoms in total. The van der Waals surface area contributed by atoms with Gasteiger partial charge in [-0.05, 0) is 69.9 Å². The maximum absolute atomic E-state index is 12.1. The number of rotatable bonds is 10. The van der Waals surface area contributed by atoms with Gasteiger partial charge in [-0.3, -0.25) is 0 Å². The number of hydrogen-bond acceptors (Lipinski definition) is 4. The molecule has 0 N–H and O–H groups in total. The highest BCUT2D eigenvalue weighted by atomic mass is 32.2. The average Bonchev–Trinajstić information content (AvgIpc) is 2.79. The number of anilines is 2. The van der Waals surface area contributed by atoms with Gasteiger partial charge in [0.25, 0.3) is 0 Å². The Hall–Kier alpha value is -2.01. The molecular formula is C27H40N2O2S. The molecule has 0 aromatic heterocycles. The van der Waals surface area contributed by atoms with Crippen molar-refractivity contribution in [3.8, 4) is 0 Å². The molecule has 0 spiro atoms. The minimum absolute atomic E-state index is 0.317. The Labute approximate surface area is 195 Å². The summed E-state index contributed by atoms with van der Waals surface area (Å²) in [4.78, 5) is 4.94. The van der Waals surface area contributed by atoms with E-state index in [-0.39, 0.29) is 0 Å². The zero-order valence-corrected chi connectivity index (χ0v) is 20.9. The average molecular weight is 457 g/mol. The topological polar surface area (TPSA) is 40.6 Å². The highest BCUT2D eigenvalue weighted by molar-refractivity contribution is 7.92. The van der Waals surface area contributed by atoms with Gasteiger partial charge in [-0.15, -0.1) is 0 Å². The molecule has 0 bridgehead atoms. The summed E-state index contributed by atoms with van der Waals surface area (Å²) in [7, 11) is -2.97. The van der Waals surface area contributed by atoms with E-state index < -0.39 is 14.6 Å². The number of unbranched alkanes of at least 4 members (excludes halogenated alkanes) is 4. The highest BCUT2D eigenvalue weighted by Gasteiger charge is 2.27. The molecular weight excluding hydrogens is 416 g/mol. The van der Waals surface area contributed by atoms with E-state index in [1.54, 1.807) is 20.8 Å². The summed E-state index contributed by atoms with van der Waals surface area (Å²) in [5.74, 6) is 0.317. The van der Waals surface area contributed by atoms with Crippen LogP contribution in [0.5, 0.6) is 0 Å². The largest absolute Gasteiger partial charge is 0.368 e. The first-order valence-corrected chi connectivity index (χ1v) is 13.8. The molecule has 5 heteroatoms. The predicted octanol–water partition coefficient (Wildman–Crippen LogP) is 5.72. The lowest BCUT2D eigenvalue weighted by atomic mass is 10.0. The summed E-state index contributed by atoms with van der Waals surface area (Å²) in [6.07, 6.45) is 6.33. The van der Waals surface area contributed by atoms with Crippen LogP contribution in [0, 0.1) is 0 Å². The Morgan fingerprint density at radius 3 is 1.75 bits per heavy atom. The summed E-state index contributed by atoms with van der Waals surface area (Å²) in [6, 6.07) is 19.8. The van der Waals surface area contributed by atoms with E-state index >= 15 is 0 Å². The molecule has 0 atom stereocenters. The minimum Gasteiger partial charge on any atom is -0.368 e. The molecule has 1 saturated heterocycles. The van der Waals surface area contributed by atoms with E-state index in [2.05, 4.69) is 64.4 Å². The van der Waals surface area contributed by atoms with Gasteiger partial charge in [0.1, 0.15) is 0 Å². The van der Waals surface area contributed by atoms with Crippen LogP contribution in [0.3, 0.4) is 0 Å². The van der Waals surface area contributed by atoms with Crippen LogP contribution in [-0.2, 0) is 16.3 Å². The van der Waals surface area contributed by atoms with Crippen LogP contribution in [0.2, 0.25) is 0 Å². The standard InChI is InChI=1S/C27H40N2O2S/c1-27(2,3)32(30,31)23-11-6-4-5-8-12-24-15-17-26(18-16-24)29-21-19-28(20-22-29)25-13-9-7-10-14-25/h7,9-10,13-18H,4-6,8,11-12,19-23H2,1-3H3. The van der Waals surface area contributed by atoms with E-state index in [0.717, 1.165) is 51.9 Å². The first-order valence-electron chi connectivity index (χ1n) is 12.1. The molecule has 0 radical (unpaired) electrons. The lowest BCUT2D eigenvalue weighted by Crippen LogP contribution is -2.46. The van der Waals surface area contributed by atoms with E-state index in [9.17, 15) is 8.42 Å². The molecule has 2 aromatic rings. The van der Waals surface area contributed by atoms with Crippen molar-refractivity contribution in [2.75, 3.05) is 41.7 Å². The molecule has 0 amide bonds. The van der Waals surface area contributed by atoms with Crippen molar-refractivity contribution in [2.45, 2.75) is 64.0 Å². The fraction of sp³-hybridized carbons (Fsp3) is 0.556. The lowest BCUT2D eigenvalue weighted by Gasteiger charge is -2.37. The molecule has 2 aromatic carbocycles. The van der Waals surface area contributed by atoms with Gasteiger partial charge in [0.05, 0.1) is 10.5 Å². The molecule has 3 rings (SSSR count). The molecule has 32 heavy (non-hydrogen) atoms. The second-order valence-corrected chi connectivity index (χ2v) is 12.8. The van der Waals surface area contributed by atoms with Crippen LogP contribution in [-0.4, -0.2) is 45.1 Å². The fourth-order valence-corrected chi connectivity index (χ4v) is 5.39. The van der Waals surface area contributed by atoms with Gasteiger partial charge >= 0.3 is 0 Å². The first-order chi connectivity index (χ1) is 15.3. The van der Waals surface area contributed by atoms with Gasteiger partial charge in [-0.1, -0.05) is 49.6 Å². The third kappa shape index (κ3) is 6.99. The Kier molecular flexibility index (Phi) is 8.64. The van der Waals surface area contributed by atoms with Gasteiger partial charge in [0.2, 0.25) is 0 Å².